The molecule has 0 radical (unpaired) electrons. The zero-order chi connectivity index (χ0) is 15.7. The van der Waals surface area contributed by atoms with Gasteiger partial charge < -0.3 is 24.8 Å². The van der Waals surface area contributed by atoms with Crippen molar-refractivity contribution in [2.45, 2.75) is 76.3 Å². The first-order valence-corrected chi connectivity index (χ1v) is 7.87. The van der Waals surface area contributed by atoms with Gasteiger partial charge in [-0.3, -0.25) is 4.79 Å². The molecule has 6 heteroatoms. The average molecular weight is 304 g/mol. The molecule has 0 saturated carbocycles. The van der Waals surface area contributed by atoms with Crippen molar-refractivity contribution in [3.8, 4) is 0 Å². The first-order chi connectivity index (χ1) is 10.1. The predicted molar refractivity (Wildman–Crippen MR) is 76.7 cm³/mol. The third-order valence-corrected chi connectivity index (χ3v) is 3.72. The van der Waals surface area contributed by atoms with E-state index in [0.717, 1.165) is 19.3 Å². The number of aliphatic hydroxyl groups is 3. The van der Waals surface area contributed by atoms with E-state index in [0.29, 0.717) is 6.42 Å². The standard InChI is InChI=1S/C15H28O6/c1-2-3-4-5-6-7-8-13(18)20-10-12(17)15-14(19)11(16)9-21-15/h11-12,14-17,19H,2-10H2,1H3/t11-,12+,14+,15+/m0/s1. The number of carbonyl (C=O) groups excluding carboxylic acids is 1. The Balaban J connectivity index is 2.07. The summed E-state index contributed by atoms with van der Waals surface area (Å²) >= 11 is 0. The highest BCUT2D eigenvalue weighted by atomic mass is 16.6. The molecule has 0 aromatic rings. The van der Waals surface area contributed by atoms with Crippen LogP contribution < -0.4 is 0 Å². The summed E-state index contributed by atoms with van der Waals surface area (Å²) < 4.78 is 10.0. The Bertz CT molecular complexity index is 296. The summed E-state index contributed by atoms with van der Waals surface area (Å²) in [7, 11) is 0. The number of carbonyl (C=O) groups is 1. The SMILES string of the molecule is CCCCCCCCC(=O)OC[C@@H](O)[C@H]1OC[C@H](O)[C@H]1O. The van der Waals surface area contributed by atoms with Gasteiger partial charge >= 0.3 is 5.97 Å². The summed E-state index contributed by atoms with van der Waals surface area (Å²) in [6, 6.07) is 0. The van der Waals surface area contributed by atoms with Gasteiger partial charge in [-0.2, -0.15) is 0 Å². The van der Waals surface area contributed by atoms with Crippen LogP contribution in [-0.4, -0.2) is 58.9 Å². The van der Waals surface area contributed by atoms with Crippen molar-refractivity contribution in [3.63, 3.8) is 0 Å². The molecule has 6 nitrogen and oxygen atoms in total. The van der Waals surface area contributed by atoms with Gasteiger partial charge in [0.15, 0.2) is 0 Å². The first kappa shape index (κ1) is 18.4. The van der Waals surface area contributed by atoms with Crippen LogP contribution >= 0.6 is 0 Å². The van der Waals surface area contributed by atoms with Crippen LogP contribution in [0.3, 0.4) is 0 Å². The Morgan fingerprint density at radius 3 is 2.52 bits per heavy atom. The molecule has 0 bridgehead atoms. The Labute approximate surface area is 126 Å². The van der Waals surface area contributed by atoms with E-state index >= 15 is 0 Å². The fraction of sp³-hybridized carbons (Fsp3) is 0.933. The second-order valence-corrected chi connectivity index (χ2v) is 5.62. The van der Waals surface area contributed by atoms with Gasteiger partial charge in [-0.15, -0.1) is 0 Å². The summed E-state index contributed by atoms with van der Waals surface area (Å²) in [5.74, 6) is -0.349. The van der Waals surface area contributed by atoms with Crippen molar-refractivity contribution >= 4 is 5.97 Å². The summed E-state index contributed by atoms with van der Waals surface area (Å²) in [6.07, 6.45) is 2.74. The molecule has 1 fully saturated rings. The highest BCUT2D eigenvalue weighted by Gasteiger charge is 2.39. The smallest absolute Gasteiger partial charge is 0.305 e. The van der Waals surface area contributed by atoms with Crippen molar-refractivity contribution in [2.75, 3.05) is 13.2 Å². The van der Waals surface area contributed by atoms with E-state index in [1.165, 1.54) is 19.3 Å². The number of esters is 1. The van der Waals surface area contributed by atoms with Crippen molar-refractivity contribution in [2.24, 2.45) is 0 Å². The molecule has 0 aliphatic carbocycles. The summed E-state index contributed by atoms with van der Waals surface area (Å²) in [5, 5.41) is 28.6. The molecule has 1 rings (SSSR count). The fourth-order valence-corrected chi connectivity index (χ4v) is 2.36. The second kappa shape index (κ2) is 10.1. The van der Waals surface area contributed by atoms with Crippen LogP contribution in [0.2, 0.25) is 0 Å². The number of hydrogen-bond donors (Lipinski definition) is 3. The number of aliphatic hydroxyl groups excluding tert-OH is 3. The topological polar surface area (TPSA) is 96.2 Å². The van der Waals surface area contributed by atoms with Crippen LogP contribution in [0.25, 0.3) is 0 Å². The molecule has 1 aliphatic heterocycles. The van der Waals surface area contributed by atoms with E-state index in [1.807, 2.05) is 0 Å². The second-order valence-electron chi connectivity index (χ2n) is 5.62. The van der Waals surface area contributed by atoms with Gasteiger partial charge in [0.2, 0.25) is 0 Å². The monoisotopic (exact) mass is 304 g/mol. The lowest BCUT2D eigenvalue weighted by Crippen LogP contribution is -2.41. The van der Waals surface area contributed by atoms with Gasteiger partial charge in [-0.25, -0.2) is 0 Å². The lowest BCUT2D eigenvalue weighted by molar-refractivity contribution is -0.151. The first-order valence-electron chi connectivity index (χ1n) is 7.87. The Hall–Kier alpha value is -0.690. The van der Waals surface area contributed by atoms with Crippen LogP contribution in [0.4, 0.5) is 0 Å². The van der Waals surface area contributed by atoms with Gasteiger partial charge in [0.25, 0.3) is 0 Å². The molecular formula is C15H28O6. The fourth-order valence-electron chi connectivity index (χ4n) is 2.36. The van der Waals surface area contributed by atoms with Gasteiger partial charge in [0.05, 0.1) is 6.61 Å². The molecule has 3 N–H and O–H groups in total. The maximum absolute atomic E-state index is 11.5. The molecule has 124 valence electrons. The highest BCUT2D eigenvalue weighted by Crippen LogP contribution is 2.18. The minimum Gasteiger partial charge on any atom is -0.463 e. The molecule has 21 heavy (non-hydrogen) atoms. The zero-order valence-corrected chi connectivity index (χ0v) is 12.7. The number of ether oxygens (including phenoxy) is 2. The van der Waals surface area contributed by atoms with E-state index in [9.17, 15) is 20.1 Å². The zero-order valence-electron chi connectivity index (χ0n) is 12.7. The Kier molecular flexibility index (Phi) is 8.84. The summed E-state index contributed by atoms with van der Waals surface area (Å²) in [4.78, 5) is 11.5. The van der Waals surface area contributed by atoms with Crippen LogP contribution in [0.15, 0.2) is 0 Å². The Morgan fingerprint density at radius 2 is 1.90 bits per heavy atom. The normalized spacial score (nSPS) is 26.8. The highest BCUT2D eigenvalue weighted by molar-refractivity contribution is 5.69. The third kappa shape index (κ3) is 6.74. The van der Waals surface area contributed by atoms with E-state index in [-0.39, 0.29) is 19.2 Å². The number of hydrogen-bond acceptors (Lipinski definition) is 6. The maximum Gasteiger partial charge on any atom is 0.305 e. The molecule has 4 atom stereocenters. The molecule has 1 aliphatic rings. The minimum atomic E-state index is -1.14. The van der Waals surface area contributed by atoms with Crippen molar-refractivity contribution in [1.82, 2.24) is 0 Å². The van der Waals surface area contributed by atoms with Crippen molar-refractivity contribution < 1.29 is 29.6 Å². The third-order valence-electron chi connectivity index (χ3n) is 3.72. The quantitative estimate of drug-likeness (QED) is 0.407. The van der Waals surface area contributed by atoms with E-state index < -0.39 is 24.4 Å². The van der Waals surface area contributed by atoms with Crippen LogP contribution in [0, 0.1) is 0 Å². The molecule has 1 heterocycles. The Morgan fingerprint density at radius 1 is 1.24 bits per heavy atom. The summed E-state index contributed by atoms with van der Waals surface area (Å²) in [5.41, 5.74) is 0. The number of rotatable bonds is 10. The van der Waals surface area contributed by atoms with E-state index in [2.05, 4.69) is 6.92 Å². The largest absolute Gasteiger partial charge is 0.463 e. The van der Waals surface area contributed by atoms with Crippen LogP contribution in [0.5, 0.6) is 0 Å². The molecule has 1 saturated heterocycles. The van der Waals surface area contributed by atoms with Gasteiger partial charge in [0, 0.05) is 6.42 Å². The van der Waals surface area contributed by atoms with Gasteiger partial charge in [-0.05, 0) is 6.42 Å². The van der Waals surface area contributed by atoms with E-state index in [1.54, 1.807) is 0 Å². The average Bonchev–Trinajstić information content (AvgIpc) is 2.80. The molecule has 0 aromatic heterocycles. The van der Waals surface area contributed by atoms with E-state index in [4.69, 9.17) is 9.47 Å². The van der Waals surface area contributed by atoms with Gasteiger partial charge in [-0.1, -0.05) is 39.0 Å². The minimum absolute atomic E-state index is 0.0192. The van der Waals surface area contributed by atoms with Crippen LogP contribution in [0.1, 0.15) is 51.9 Å². The van der Waals surface area contributed by atoms with Crippen LogP contribution in [-0.2, 0) is 14.3 Å². The maximum atomic E-state index is 11.5. The summed E-state index contributed by atoms with van der Waals surface area (Å²) in [6.45, 7) is 1.92. The molecule has 0 aromatic carbocycles. The number of unbranched alkanes of at least 4 members (excludes halogenated alkanes) is 5. The lowest BCUT2D eigenvalue weighted by Gasteiger charge is -2.20. The molecule has 0 unspecified atom stereocenters. The predicted octanol–water partition coefficient (Wildman–Crippen LogP) is 0.762. The molecule has 0 spiro atoms. The van der Waals surface area contributed by atoms with Crippen molar-refractivity contribution in [3.05, 3.63) is 0 Å². The molecular weight excluding hydrogens is 276 g/mol. The molecule has 0 amide bonds. The van der Waals surface area contributed by atoms with Crippen molar-refractivity contribution in [1.29, 1.82) is 0 Å². The van der Waals surface area contributed by atoms with Gasteiger partial charge in [0.1, 0.15) is 31.0 Å². The lowest BCUT2D eigenvalue weighted by atomic mass is 10.1.